The highest BCUT2D eigenvalue weighted by molar-refractivity contribution is 7.80. The number of hydrogen-bond acceptors (Lipinski definition) is 1. The minimum atomic E-state index is 0.626. The summed E-state index contributed by atoms with van der Waals surface area (Å²) in [5.74, 6) is 0. The van der Waals surface area contributed by atoms with Crippen LogP contribution in [-0.2, 0) is 6.42 Å². The SMILES string of the molecule is Cc1ccc(CCCNC(=S)Nc2cccc(Cl)c2)cc1. The van der Waals surface area contributed by atoms with Crippen LogP contribution in [0.25, 0.3) is 0 Å². The van der Waals surface area contributed by atoms with Gasteiger partial charge >= 0.3 is 0 Å². The molecule has 0 saturated heterocycles. The van der Waals surface area contributed by atoms with Crippen molar-refractivity contribution in [1.29, 1.82) is 0 Å². The van der Waals surface area contributed by atoms with Gasteiger partial charge in [-0.15, -0.1) is 0 Å². The fourth-order valence-electron chi connectivity index (χ4n) is 1.99. The molecule has 0 aliphatic heterocycles. The number of anilines is 1. The van der Waals surface area contributed by atoms with Crippen LogP contribution in [0.1, 0.15) is 17.5 Å². The van der Waals surface area contributed by atoms with E-state index in [1.807, 2.05) is 24.3 Å². The molecule has 0 aliphatic carbocycles. The van der Waals surface area contributed by atoms with E-state index in [1.165, 1.54) is 11.1 Å². The largest absolute Gasteiger partial charge is 0.362 e. The van der Waals surface area contributed by atoms with E-state index in [2.05, 4.69) is 41.8 Å². The molecule has 0 bridgehead atoms. The van der Waals surface area contributed by atoms with E-state index in [9.17, 15) is 0 Å². The van der Waals surface area contributed by atoms with Crippen LogP contribution < -0.4 is 10.6 Å². The Morgan fingerprint density at radius 1 is 1.14 bits per heavy atom. The van der Waals surface area contributed by atoms with Crippen molar-refractivity contribution in [3.05, 3.63) is 64.7 Å². The molecular formula is C17H19ClN2S. The fraction of sp³-hybridized carbons (Fsp3) is 0.235. The summed E-state index contributed by atoms with van der Waals surface area (Å²) < 4.78 is 0. The van der Waals surface area contributed by atoms with Crippen molar-refractivity contribution in [2.75, 3.05) is 11.9 Å². The number of halogens is 1. The Hall–Kier alpha value is -1.58. The van der Waals surface area contributed by atoms with E-state index < -0.39 is 0 Å². The molecule has 0 atom stereocenters. The molecule has 0 amide bonds. The van der Waals surface area contributed by atoms with Gasteiger partial charge < -0.3 is 10.6 Å². The second kappa shape index (κ2) is 8.01. The second-order valence-corrected chi connectivity index (χ2v) is 5.83. The molecule has 4 heteroatoms. The van der Waals surface area contributed by atoms with Crippen LogP contribution in [-0.4, -0.2) is 11.7 Å². The fourth-order valence-corrected chi connectivity index (χ4v) is 2.40. The second-order valence-electron chi connectivity index (χ2n) is 4.98. The maximum Gasteiger partial charge on any atom is 0.170 e. The van der Waals surface area contributed by atoms with Crippen molar-refractivity contribution in [2.24, 2.45) is 0 Å². The lowest BCUT2D eigenvalue weighted by Crippen LogP contribution is -2.29. The molecule has 2 N–H and O–H groups in total. The maximum atomic E-state index is 5.93. The molecule has 2 aromatic rings. The zero-order chi connectivity index (χ0) is 15.1. The molecule has 2 aromatic carbocycles. The van der Waals surface area contributed by atoms with Crippen LogP contribution in [0.3, 0.4) is 0 Å². The van der Waals surface area contributed by atoms with Crippen LogP contribution in [0.2, 0.25) is 5.02 Å². The lowest BCUT2D eigenvalue weighted by Gasteiger charge is -2.10. The highest BCUT2D eigenvalue weighted by Gasteiger charge is 1.98. The average molecular weight is 319 g/mol. The summed E-state index contributed by atoms with van der Waals surface area (Å²) in [4.78, 5) is 0. The molecule has 0 aromatic heterocycles. The van der Waals surface area contributed by atoms with Crippen molar-refractivity contribution in [3.63, 3.8) is 0 Å². The first-order valence-electron chi connectivity index (χ1n) is 6.99. The predicted octanol–water partition coefficient (Wildman–Crippen LogP) is 4.57. The smallest absolute Gasteiger partial charge is 0.170 e. The molecule has 0 radical (unpaired) electrons. The van der Waals surface area contributed by atoms with Crippen LogP contribution in [0.4, 0.5) is 5.69 Å². The van der Waals surface area contributed by atoms with E-state index in [1.54, 1.807) is 0 Å². The number of hydrogen-bond donors (Lipinski definition) is 2. The van der Waals surface area contributed by atoms with Crippen molar-refractivity contribution >= 4 is 34.6 Å². The van der Waals surface area contributed by atoms with Gasteiger partial charge in [0.15, 0.2) is 5.11 Å². The zero-order valence-electron chi connectivity index (χ0n) is 12.0. The Morgan fingerprint density at radius 3 is 2.62 bits per heavy atom. The molecule has 0 aliphatic rings. The van der Waals surface area contributed by atoms with Gasteiger partial charge in [-0.2, -0.15) is 0 Å². The molecule has 21 heavy (non-hydrogen) atoms. The molecular weight excluding hydrogens is 300 g/mol. The zero-order valence-corrected chi connectivity index (χ0v) is 13.6. The van der Waals surface area contributed by atoms with Crippen LogP contribution in [0.15, 0.2) is 48.5 Å². The first-order chi connectivity index (χ1) is 10.1. The molecule has 0 saturated carbocycles. The normalized spacial score (nSPS) is 10.2. The van der Waals surface area contributed by atoms with Gasteiger partial charge in [0.1, 0.15) is 0 Å². The molecule has 0 fully saturated rings. The summed E-state index contributed by atoms with van der Waals surface area (Å²) in [6, 6.07) is 16.2. The summed E-state index contributed by atoms with van der Waals surface area (Å²) in [7, 11) is 0. The molecule has 110 valence electrons. The summed E-state index contributed by atoms with van der Waals surface area (Å²) in [6.45, 7) is 2.95. The lowest BCUT2D eigenvalue weighted by atomic mass is 10.1. The van der Waals surface area contributed by atoms with Gasteiger partial charge in [-0.3, -0.25) is 0 Å². The van der Waals surface area contributed by atoms with Crippen molar-refractivity contribution < 1.29 is 0 Å². The monoisotopic (exact) mass is 318 g/mol. The maximum absolute atomic E-state index is 5.93. The van der Waals surface area contributed by atoms with Gasteiger partial charge in [0, 0.05) is 17.3 Å². The minimum Gasteiger partial charge on any atom is -0.362 e. The van der Waals surface area contributed by atoms with Crippen molar-refractivity contribution in [3.8, 4) is 0 Å². The molecule has 2 nitrogen and oxygen atoms in total. The van der Waals surface area contributed by atoms with Crippen molar-refractivity contribution in [2.45, 2.75) is 19.8 Å². The third-order valence-corrected chi connectivity index (χ3v) is 3.61. The molecule has 0 heterocycles. The Morgan fingerprint density at radius 2 is 1.90 bits per heavy atom. The summed E-state index contributed by atoms with van der Waals surface area (Å²) in [5, 5.41) is 7.66. The predicted molar refractivity (Wildman–Crippen MR) is 95.2 cm³/mol. The van der Waals surface area contributed by atoms with Gasteiger partial charge in [-0.25, -0.2) is 0 Å². The van der Waals surface area contributed by atoms with E-state index in [0.29, 0.717) is 10.1 Å². The highest BCUT2D eigenvalue weighted by atomic mass is 35.5. The molecule has 0 unspecified atom stereocenters. The Bertz CT molecular complexity index is 596. The molecule has 2 rings (SSSR count). The quantitative estimate of drug-likeness (QED) is 0.624. The molecule has 0 spiro atoms. The van der Waals surface area contributed by atoms with E-state index >= 15 is 0 Å². The highest BCUT2D eigenvalue weighted by Crippen LogP contribution is 2.14. The lowest BCUT2D eigenvalue weighted by molar-refractivity contribution is 0.777. The number of benzene rings is 2. The van der Waals surface area contributed by atoms with E-state index in [0.717, 1.165) is 25.1 Å². The summed E-state index contributed by atoms with van der Waals surface area (Å²) in [6.07, 6.45) is 2.09. The van der Waals surface area contributed by atoms with Crippen molar-refractivity contribution in [1.82, 2.24) is 5.32 Å². The van der Waals surface area contributed by atoms with Crippen LogP contribution in [0.5, 0.6) is 0 Å². The summed E-state index contributed by atoms with van der Waals surface area (Å²) >= 11 is 11.2. The average Bonchev–Trinajstić information content (AvgIpc) is 2.45. The number of rotatable bonds is 5. The summed E-state index contributed by atoms with van der Waals surface area (Å²) in [5.41, 5.74) is 3.55. The van der Waals surface area contributed by atoms with Gasteiger partial charge in [-0.1, -0.05) is 47.5 Å². The third-order valence-electron chi connectivity index (χ3n) is 3.13. The third kappa shape index (κ3) is 5.74. The Labute approximate surface area is 136 Å². The first kappa shape index (κ1) is 15.8. The first-order valence-corrected chi connectivity index (χ1v) is 7.78. The van der Waals surface area contributed by atoms with Gasteiger partial charge in [-0.05, 0) is 55.7 Å². The van der Waals surface area contributed by atoms with Gasteiger partial charge in [0.25, 0.3) is 0 Å². The Balaban J connectivity index is 1.68. The minimum absolute atomic E-state index is 0.626. The number of aryl methyl sites for hydroxylation is 2. The van der Waals surface area contributed by atoms with Gasteiger partial charge in [0.05, 0.1) is 0 Å². The van der Waals surface area contributed by atoms with Crippen LogP contribution in [0, 0.1) is 6.92 Å². The standard InChI is InChI=1S/C17H19ClN2S/c1-13-7-9-14(10-8-13)4-3-11-19-17(21)20-16-6-2-5-15(18)12-16/h2,5-10,12H,3-4,11H2,1H3,(H2,19,20,21). The topological polar surface area (TPSA) is 24.1 Å². The van der Waals surface area contributed by atoms with E-state index in [-0.39, 0.29) is 0 Å². The van der Waals surface area contributed by atoms with Gasteiger partial charge in [0.2, 0.25) is 0 Å². The Kier molecular flexibility index (Phi) is 6.03. The van der Waals surface area contributed by atoms with E-state index in [4.69, 9.17) is 23.8 Å². The van der Waals surface area contributed by atoms with Crippen LogP contribution >= 0.6 is 23.8 Å². The number of thiocarbonyl (C=S) groups is 1. The number of nitrogens with one attached hydrogen (secondary N) is 2.